The highest BCUT2D eigenvalue weighted by Crippen LogP contribution is 2.34. The van der Waals surface area contributed by atoms with Crippen molar-refractivity contribution in [3.05, 3.63) is 53.7 Å². The van der Waals surface area contributed by atoms with Gasteiger partial charge in [-0.2, -0.15) is 0 Å². The number of aliphatic hydroxyl groups is 1. The van der Waals surface area contributed by atoms with E-state index in [4.69, 9.17) is 15.9 Å². The van der Waals surface area contributed by atoms with Crippen molar-refractivity contribution >= 4 is 46.6 Å². The second kappa shape index (κ2) is 11.4. The number of benzene rings is 2. The first-order valence-corrected chi connectivity index (χ1v) is 12.2. The molecule has 2 aromatic carbocycles. The van der Waals surface area contributed by atoms with E-state index in [-0.39, 0.29) is 47.7 Å². The zero-order valence-electron chi connectivity index (χ0n) is 21.6. The van der Waals surface area contributed by atoms with Gasteiger partial charge in [-0.3, -0.25) is 10.7 Å². The molecule has 1 aromatic heterocycles. The first kappa shape index (κ1) is 28.0. The molecule has 0 radical (unpaired) electrons. The summed E-state index contributed by atoms with van der Waals surface area (Å²) in [6, 6.07) is 8.27. The smallest absolute Gasteiger partial charge is 0.412 e. The molecule has 0 aliphatic carbocycles. The first-order chi connectivity index (χ1) is 19.0. The summed E-state index contributed by atoms with van der Waals surface area (Å²) in [5, 5.41) is 41.3. The molecule has 2 atom stereocenters. The van der Waals surface area contributed by atoms with Crippen molar-refractivity contribution in [2.45, 2.75) is 38.8 Å². The van der Waals surface area contributed by atoms with Crippen LogP contribution in [0.2, 0.25) is 0 Å². The van der Waals surface area contributed by atoms with Gasteiger partial charge in [0.15, 0.2) is 12.0 Å². The highest BCUT2D eigenvalue weighted by atomic mass is 19.1. The van der Waals surface area contributed by atoms with Crippen molar-refractivity contribution in [1.29, 1.82) is 5.41 Å². The topological polar surface area (TPSA) is 199 Å². The fourth-order valence-corrected chi connectivity index (χ4v) is 4.19. The molecule has 1 aliphatic rings. The lowest BCUT2D eigenvalue weighted by Crippen LogP contribution is -2.41. The van der Waals surface area contributed by atoms with Crippen LogP contribution in [-0.2, 0) is 11.3 Å². The SMILES string of the molecule is CC(C)c1cc(C(=N)N(C(N)=O)c2ccc3c(ccn3CCOC(=O)NC3=NC(O)N=CC3F)c2)c(O)cc1O. The molecule has 2 unspecified atom stereocenters. The zero-order chi connectivity index (χ0) is 29.1. The molecule has 0 saturated carbocycles. The molecule has 3 amide bonds. The monoisotopic (exact) mass is 553 g/mol. The Morgan fingerprint density at radius 3 is 2.67 bits per heavy atom. The van der Waals surface area contributed by atoms with Gasteiger partial charge in [0, 0.05) is 29.4 Å². The minimum absolute atomic E-state index is 0.0217. The Kier molecular flexibility index (Phi) is 8.00. The van der Waals surface area contributed by atoms with E-state index >= 15 is 0 Å². The summed E-state index contributed by atoms with van der Waals surface area (Å²) < 4.78 is 20.6. The number of aromatic nitrogens is 1. The molecule has 0 fully saturated rings. The van der Waals surface area contributed by atoms with Crippen LogP contribution in [-0.4, -0.2) is 69.0 Å². The van der Waals surface area contributed by atoms with E-state index in [1.807, 2.05) is 13.8 Å². The number of hydrogen-bond acceptors (Lipinski definition) is 9. The van der Waals surface area contributed by atoms with Crippen LogP contribution in [0.4, 0.5) is 19.7 Å². The number of aliphatic imine (C=N–C) groups is 2. The number of nitrogens with two attached hydrogens (primary N) is 1. The number of phenols is 2. The average Bonchev–Trinajstić information content (AvgIpc) is 3.28. The Labute approximate surface area is 227 Å². The number of alkyl halides is 1. The Hall–Kier alpha value is -4.98. The normalized spacial score (nSPS) is 16.6. The predicted molar refractivity (Wildman–Crippen MR) is 146 cm³/mol. The molecular formula is C26H28FN7O6. The van der Waals surface area contributed by atoms with Crippen molar-refractivity contribution in [1.82, 2.24) is 9.88 Å². The maximum atomic E-state index is 13.7. The van der Waals surface area contributed by atoms with Gasteiger partial charge in [0.2, 0.25) is 6.35 Å². The third-order valence-corrected chi connectivity index (χ3v) is 6.14. The number of rotatable bonds is 6. The van der Waals surface area contributed by atoms with Crippen molar-refractivity contribution in [3.63, 3.8) is 0 Å². The van der Waals surface area contributed by atoms with Crippen LogP contribution in [0.15, 0.2) is 52.6 Å². The second-order valence-electron chi connectivity index (χ2n) is 9.18. The fraction of sp³-hybridized carbons (Fsp3) is 0.269. The van der Waals surface area contributed by atoms with Crippen LogP contribution in [0.5, 0.6) is 11.5 Å². The van der Waals surface area contributed by atoms with Crippen LogP contribution < -0.4 is 16.0 Å². The Morgan fingerprint density at radius 1 is 1.23 bits per heavy atom. The molecular weight excluding hydrogens is 525 g/mol. The Morgan fingerprint density at radius 2 is 1.98 bits per heavy atom. The van der Waals surface area contributed by atoms with Gasteiger partial charge in [-0.15, -0.1) is 0 Å². The average molecular weight is 554 g/mol. The number of amidine groups is 2. The molecule has 1 aliphatic heterocycles. The molecule has 14 heteroatoms. The van der Waals surface area contributed by atoms with Crippen LogP contribution in [0, 0.1) is 5.41 Å². The van der Waals surface area contributed by atoms with Crippen LogP contribution in [0.3, 0.4) is 0 Å². The number of halogens is 1. The summed E-state index contributed by atoms with van der Waals surface area (Å²) in [6.45, 7) is 3.84. The number of carbonyl (C=O) groups excluding carboxylic acids is 2. The van der Waals surface area contributed by atoms with Gasteiger partial charge in [-0.05, 0) is 41.8 Å². The summed E-state index contributed by atoms with van der Waals surface area (Å²) >= 11 is 0. The van der Waals surface area contributed by atoms with Crippen molar-refractivity contribution < 1.29 is 34.0 Å². The number of hydrogen-bond donors (Lipinski definition) is 6. The summed E-state index contributed by atoms with van der Waals surface area (Å²) in [7, 11) is 0. The van der Waals surface area contributed by atoms with E-state index < -0.39 is 30.5 Å². The number of aliphatic hydroxyl groups excluding tert-OH is 1. The van der Waals surface area contributed by atoms with Crippen molar-refractivity contribution in [2.75, 3.05) is 11.5 Å². The molecule has 13 nitrogen and oxygen atoms in total. The van der Waals surface area contributed by atoms with Gasteiger partial charge in [-0.25, -0.2) is 28.9 Å². The van der Waals surface area contributed by atoms with Crippen LogP contribution >= 0.6 is 0 Å². The molecule has 4 rings (SSSR count). The highest BCUT2D eigenvalue weighted by molar-refractivity contribution is 6.22. The number of aromatic hydroxyl groups is 2. The number of carbonyl (C=O) groups is 2. The third-order valence-electron chi connectivity index (χ3n) is 6.14. The molecule has 210 valence electrons. The molecule has 7 N–H and O–H groups in total. The van der Waals surface area contributed by atoms with E-state index in [9.17, 15) is 29.3 Å². The summed E-state index contributed by atoms with van der Waals surface area (Å²) in [5.74, 6) is -1.39. The van der Waals surface area contributed by atoms with Gasteiger partial charge in [-0.1, -0.05) is 13.8 Å². The van der Waals surface area contributed by atoms with Crippen molar-refractivity contribution in [2.24, 2.45) is 15.7 Å². The van der Waals surface area contributed by atoms with Gasteiger partial charge in [0.1, 0.15) is 23.9 Å². The fourth-order valence-electron chi connectivity index (χ4n) is 4.19. The van der Waals surface area contributed by atoms with E-state index in [0.29, 0.717) is 10.9 Å². The second-order valence-corrected chi connectivity index (χ2v) is 9.18. The van der Waals surface area contributed by atoms with Gasteiger partial charge in [0.25, 0.3) is 0 Å². The lowest BCUT2D eigenvalue weighted by molar-refractivity contribution is 0.146. The molecule has 2 heterocycles. The number of anilines is 1. The minimum atomic E-state index is -1.77. The minimum Gasteiger partial charge on any atom is -0.508 e. The standard InChI is InChI=1S/C26H28FN7O6/c1-13(2)16-10-17(21(36)11-20(16)35)22(28)34(24(29)37)15-3-4-19-14(9-15)5-6-33(19)7-8-40-26(39)32-23-18(27)12-30-25(38)31-23/h3-6,9-13,18,25,28,35-36,38H,7-8H2,1-2H3,(H2,29,37)(H,31,32,39). The van der Waals surface area contributed by atoms with Gasteiger partial charge in [0.05, 0.1) is 17.8 Å². The summed E-state index contributed by atoms with van der Waals surface area (Å²) in [4.78, 5) is 32.2. The third kappa shape index (κ3) is 5.86. The van der Waals surface area contributed by atoms with E-state index in [1.54, 1.807) is 35.0 Å². The quantitative estimate of drug-likeness (QED) is 0.200. The number of amides is 3. The van der Waals surface area contributed by atoms with Crippen molar-refractivity contribution in [3.8, 4) is 11.5 Å². The van der Waals surface area contributed by atoms with E-state index in [0.717, 1.165) is 22.7 Å². The number of primary amides is 1. The van der Waals surface area contributed by atoms with E-state index in [2.05, 4.69) is 15.3 Å². The van der Waals surface area contributed by atoms with Crippen LogP contribution in [0.1, 0.15) is 30.9 Å². The lowest BCUT2D eigenvalue weighted by Gasteiger charge is -2.23. The number of nitrogens with one attached hydrogen (secondary N) is 2. The number of alkyl carbamates (subject to hydrolysis) is 1. The highest BCUT2D eigenvalue weighted by Gasteiger charge is 2.25. The van der Waals surface area contributed by atoms with Gasteiger partial charge < -0.3 is 30.4 Å². The first-order valence-electron chi connectivity index (χ1n) is 12.2. The lowest BCUT2D eigenvalue weighted by atomic mass is 9.98. The maximum absolute atomic E-state index is 13.7. The molecule has 40 heavy (non-hydrogen) atoms. The Bertz CT molecular complexity index is 1530. The summed E-state index contributed by atoms with van der Waals surface area (Å²) in [5.41, 5.74) is 7.12. The number of fused-ring (bicyclic) bond motifs is 1. The largest absolute Gasteiger partial charge is 0.508 e. The number of phenolic OH excluding ortho intramolecular Hbond substituents is 2. The Balaban J connectivity index is 1.48. The molecule has 0 spiro atoms. The predicted octanol–water partition coefficient (Wildman–Crippen LogP) is 2.91. The zero-order valence-corrected chi connectivity index (χ0v) is 21.6. The summed E-state index contributed by atoms with van der Waals surface area (Å²) in [6.07, 6.45) is -1.65. The maximum Gasteiger partial charge on any atom is 0.412 e. The molecule has 3 aromatic rings. The number of nitrogens with zero attached hydrogens (tertiary/aromatic N) is 4. The molecule has 0 bridgehead atoms. The van der Waals surface area contributed by atoms with E-state index in [1.165, 1.54) is 6.07 Å². The molecule has 0 saturated heterocycles. The van der Waals surface area contributed by atoms with Crippen LogP contribution in [0.25, 0.3) is 10.9 Å². The van der Waals surface area contributed by atoms with Gasteiger partial charge >= 0.3 is 12.1 Å². The number of urea groups is 1. The number of ether oxygens (including phenoxy) is 1.